The largest absolute Gasteiger partial charge is 0.505 e. The molecular formula is C49H58O3. The molecule has 0 amide bonds. The highest BCUT2D eigenvalue weighted by Gasteiger charge is 2.66. The lowest BCUT2D eigenvalue weighted by atomic mass is 9.36. The van der Waals surface area contributed by atoms with Crippen molar-refractivity contribution >= 4 is 5.78 Å². The van der Waals surface area contributed by atoms with E-state index >= 15 is 0 Å². The van der Waals surface area contributed by atoms with Crippen molar-refractivity contribution in [2.75, 3.05) is 6.61 Å². The van der Waals surface area contributed by atoms with Gasteiger partial charge in [-0.3, -0.25) is 4.79 Å². The zero-order valence-corrected chi connectivity index (χ0v) is 32.5. The van der Waals surface area contributed by atoms with E-state index in [0.717, 1.165) is 48.8 Å². The summed E-state index contributed by atoms with van der Waals surface area (Å²) in [4.78, 5) is 13.2. The van der Waals surface area contributed by atoms with Crippen molar-refractivity contribution in [1.82, 2.24) is 0 Å². The van der Waals surface area contributed by atoms with Crippen LogP contribution in [0.3, 0.4) is 0 Å². The van der Waals surface area contributed by atoms with Gasteiger partial charge in [-0.2, -0.15) is 0 Å². The molecule has 0 aromatic heterocycles. The summed E-state index contributed by atoms with van der Waals surface area (Å²) in [6.07, 6.45) is 14.7. The van der Waals surface area contributed by atoms with Crippen LogP contribution in [0.1, 0.15) is 110 Å². The number of hydrogen-bond donors (Lipinski definition) is 1. The minimum absolute atomic E-state index is 0.00524. The summed E-state index contributed by atoms with van der Waals surface area (Å²) in [6.45, 7) is 17.2. The number of ketones is 1. The second-order valence-electron chi connectivity index (χ2n) is 19.1. The number of ether oxygens (including phenoxy) is 1. The first-order chi connectivity index (χ1) is 24.6. The molecule has 0 spiro atoms. The number of Topliss-reactive ketones (excluding diaryl/α,β-unsaturated/α-hetero) is 1. The molecule has 0 radical (unpaired) electrons. The third kappa shape index (κ3) is 4.90. The summed E-state index contributed by atoms with van der Waals surface area (Å²) in [6, 6.07) is 32.3. The highest BCUT2D eigenvalue weighted by molar-refractivity contribution is 5.98. The summed E-state index contributed by atoms with van der Waals surface area (Å²) in [5.41, 5.74) is 5.21. The van der Waals surface area contributed by atoms with Crippen LogP contribution in [0.25, 0.3) is 0 Å². The smallest absolute Gasteiger partial charge is 0.202 e. The molecular weight excluding hydrogens is 637 g/mol. The number of benzene rings is 3. The number of fused-ring (bicyclic) bond motifs is 6. The van der Waals surface area contributed by atoms with Gasteiger partial charge in [-0.1, -0.05) is 157 Å². The Morgan fingerprint density at radius 1 is 0.731 bits per heavy atom. The van der Waals surface area contributed by atoms with Gasteiger partial charge in [0.1, 0.15) is 5.60 Å². The molecule has 3 aromatic carbocycles. The van der Waals surface area contributed by atoms with Crippen molar-refractivity contribution in [3.63, 3.8) is 0 Å². The Bertz CT molecular complexity index is 1860. The molecule has 5 aliphatic carbocycles. The molecule has 7 atom stereocenters. The Kier molecular flexibility index (Phi) is 8.09. The van der Waals surface area contributed by atoms with Crippen molar-refractivity contribution in [2.24, 2.45) is 44.3 Å². The van der Waals surface area contributed by atoms with Crippen LogP contribution in [0, 0.1) is 44.3 Å². The first-order valence-corrected chi connectivity index (χ1v) is 19.8. The topological polar surface area (TPSA) is 46.5 Å². The monoisotopic (exact) mass is 694 g/mol. The standard InChI is InChI=1S/C49H58O3/c1-43(2)40-25-26-48(7)41(46(40,5)32-39(50)42(43)51)24-23-37-38-31-44(3,27-28-45(38,4)29-30-47(37,48)6)33-52-49(34-17-11-8-12-18-34,35-19-13-9-14-20-35)36-21-15-10-16-22-36/h8-24,32,40-41,50H,25-31,33H2,1-7H3/t40-,41+,44-,45+,46-,47+,48+/m0/s1. The fourth-order valence-corrected chi connectivity index (χ4v) is 12.4. The van der Waals surface area contributed by atoms with Gasteiger partial charge in [0.05, 0.1) is 6.61 Å². The first kappa shape index (κ1) is 35.3. The van der Waals surface area contributed by atoms with Crippen LogP contribution in [0.4, 0.5) is 0 Å². The maximum absolute atomic E-state index is 13.2. The average molecular weight is 695 g/mol. The molecule has 0 heterocycles. The Labute approximate surface area is 312 Å². The maximum atomic E-state index is 13.2. The van der Waals surface area contributed by atoms with Crippen LogP contribution in [0.15, 0.2) is 126 Å². The quantitative estimate of drug-likeness (QED) is 0.261. The normalized spacial score (nSPS) is 36.6. The van der Waals surface area contributed by atoms with Gasteiger partial charge in [-0.05, 0) is 107 Å². The summed E-state index contributed by atoms with van der Waals surface area (Å²) in [7, 11) is 0. The van der Waals surface area contributed by atoms with Gasteiger partial charge < -0.3 is 9.84 Å². The molecule has 3 nitrogen and oxygen atoms in total. The van der Waals surface area contributed by atoms with Crippen molar-refractivity contribution in [3.05, 3.63) is 143 Å². The summed E-state index contributed by atoms with van der Waals surface area (Å²) in [5, 5.41) is 11.0. The number of carbonyl (C=O) groups is 1. The molecule has 3 aromatic rings. The van der Waals surface area contributed by atoms with Crippen molar-refractivity contribution in [3.8, 4) is 0 Å². The van der Waals surface area contributed by atoms with E-state index in [-0.39, 0.29) is 50.5 Å². The van der Waals surface area contributed by atoms with E-state index < -0.39 is 11.0 Å². The summed E-state index contributed by atoms with van der Waals surface area (Å²) in [5.74, 6) is 0.313. The van der Waals surface area contributed by atoms with E-state index in [2.05, 4.69) is 152 Å². The van der Waals surface area contributed by atoms with Crippen molar-refractivity contribution < 1.29 is 14.6 Å². The van der Waals surface area contributed by atoms with Crippen LogP contribution < -0.4 is 0 Å². The molecule has 0 saturated heterocycles. The van der Waals surface area contributed by atoms with Gasteiger partial charge >= 0.3 is 0 Å². The molecule has 52 heavy (non-hydrogen) atoms. The average Bonchev–Trinajstić information content (AvgIpc) is 3.13. The van der Waals surface area contributed by atoms with Crippen LogP contribution in [-0.4, -0.2) is 17.5 Å². The second kappa shape index (κ2) is 11.9. The number of aliphatic hydroxyl groups excluding tert-OH is 1. The number of allylic oxidation sites excluding steroid dienone is 6. The SMILES string of the molecule is CC1(C)C(=O)C(O)=C[C@]2(C)[C@H]3C=CC4=C5C[C@@](C)(COC(c6ccccc6)(c6ccccc6)c6ccccc6)CC[C@]5(C)CC[C@@]4(C)[C@]3(C)CC[C@@H]12. The third-order valence-electron chi connectivity index (χ3n) is 15.8. The molecule has 5 aliphatic rings. The third-order valence-corrected chi connectivity index (χ3v) is 15.8. The lowest BCUT2D eigenvalue weighted by Gasteiger charge is -2.67. The highest BCUT2D eigenvalue weighted by Crippen LogP contribution is 2.73. The van der Waals surface area contributed by atoms with E-state index in [1.165, 1.54) is 12.8 Å². The van der Waals surface area contributed by atoms with Gasteiger partial charge in [-0.25, -0.2) is 0 Å². The Balaban J connectivity index is 1.20. The Morgan fingerprint density at radius 2 is 1.27 bits per heavy atom. The molecule has 272 valence electrons. The van der Waals surface area contributed by atoms with Gasteiger partial charge in [0.2, 0.25) is 5.78 Å². The Hall–Kier alpha value is -3.69. The number of rotatable bonds is 6. The lowest BCUT2D eigenvalue weighted by Crippen LogP contribution is -2.61. The van der Waals surface area contributed by atoms with Gasteiger partial charge in [-0.15, -0.1) is 0 Å². The minimum Gasteiger partial charge on any atom is -0.505 e. The van der Waals surface area contributed by atoms with E-state index in [1.807, 2.05) is 6.08 Å². The van der Waals surface area contributed by atoms with Gasteiger partial charge in [0.15, 0.2) is 5.76 Å². The first-order valence-electron chi connectivity index (χ1n) is 19.8. The van der Waals surface area contributed by atoms with E-state index in [0.29, 0.717) is 6.61 Å². The number of hydrogen-bond acceptors (Lipinski definition) is 3. The second-order valence-corrected chi connectivity index (χ2v) is 19.1. The molecule has 0 unspecified atom stereocenters. The zero-order chi connectivity index (χ0) is 36.8. The molecule has 0 aliphatic heterocycles. The fourth-order valence-electron chi connectivity index (χ4n) is 12.4. The number of carbonyl (C=O) groups excluding carboxylic acids is 1. The van der Waals surface area contributed by atoms with Crippen LogP contribution in [0.2, 0.25) is 0 Å². The van der Waals surface area contributed by atoms with Crippen molar-refractivity contribution in [1.29, 1.82) is 0 Å². The predicted octanol–water partition coefficient (Wildman–Crippen LogP) is 11.9. The number of aliphatic hydroxyl groups is 1. The molecule has 8 rings (SSSR count). The van der Waals surface area contributed by atoms with Crippen LogP contribution >= 0.6 is 0 Å². The van der Waals surface area contributed by atoms with Gasteiger partial charge in [0, 0.05) is 10.8 Å². The minimum atomic E-state index is -0.736. The molecule has 3 heteroatoms. The van der Waals surface area contributed by atoms with E-state index in [9.17, 15) is 9.90 Å². The van der Waals surface area contributed by atoms with Crippen LogP contribution in [0.5, 0.6) is 0 Å². The molecule has 2 fully saturated rings. The fraction of sp³-hybridized carbons (Fsp3) is 0.490. The van der Waals surface area contributed by atoms with Crippen LogP contribution in [-0.2, 0) is 15.1 Å². The predicted molar refractivity (Wildman–Crippen MR) is 211 cm³/mol. The summed E-state index contributed by atoms with van der Waals surface area (Å²) < 4.78 is 7.52. The van der Waals surface area contributed by atoms with Gasteiger partial charge in [0.25, 0.3) is 0 Å². The lowest BCUT2D eigenvalue weighted by molar-refractivity contribution is -0.148. The van der Waals surface area contributed by atoms with E-state index in [1.54, 1.807) is 11.1 Å². The molecule has 2 saturated carbocycles. The van der Waals surface area contributed by atoms with E-state index in [4.69, 9.17) is 4.74 Å². The molecule has 0 bridgehead atoms. The zero-order valence-electron chi connectivity index (χ0n) is 32.5. The molecule has 1 N–H and O–H groups in total. The van der Waals surface area contributed by atoms with Crippen molar-refractivity contribution in [2.45, 2.75) is 99.0 Å². The maximum Gasteiger partial charge on any atom is 0.202 e. The summed E-state index contributed by atoms with van der Waals surface area (Å²) >= 11 is 0. The highest BCUT2D eigenvalue weighted by atomic mass is 16.5. The Morgan fingerprint density at radius 3 is 1.83 bits per heavy atom.